The molecule has 6 heteroatoms. The number of amides is 2. The molecule has 1 aromatic rings. The third kappa shape index (κ3) is 5.31. The van der Waals surface area contributed by atoms with Gasteiger partial charge in [0.05, 0.1) is 0 Å². The fourth-order valence-electron chi connectivity index (χ4n) is 3.54. The van der Waals surface area contributed by atoms with Crippen LogP contribution in [-0.2, 0) is 14.3 Å². The zero-order valence-corrected chi connectivity index (χ0v) is 16.0. The molecule has 1 N–H and O–H groups in total. The van der Waals surface area contributed by atoms with Crippen molar-refractivity contribution in [2.24, 2.45) is 0 Å². The van der Waals surface area contributed by atoms with Crippen molar-refractivity contribution in [3.8, 4) is 0 Å². The van der Waals surface area contributed by atoms with Gasteiger partial charge in [-0.25, -0.2) is 0 Å². The Hall–Kier alpha value is -2.37. The number of esters is 1. The number of ether oxygens (including phenoxy) is 1. The Morgan fingerprint density at radius 3 is 2.23 bits per heavy atom. The molecule has 0 radical (unpaired) electrons. The van der Waals surface area contributed by atoms with Gasteiger partial charge in [0.1, 0.15) is 6.54 Å². The number of benzene rings is 1. The summed E-state index contributed by atoms with van der Waals surface area (Å²) in [6.45, 7) is 7.30. The van der Waals surface area contributed by atoms with E-state index in [2.05, 4.69) is 5.32 Å². The Labute approximate surface area is 154 Å². The number of aryl methyl sites for hydroxylation is 2. The van der Waals surface area contributed by atoms with Gasteiger partial charge in [-0.2, -0.15) is 0 Å². The Bertz CT molecular complexity index is 656. The number of hydrogen-bond acceptors (Lipinski definition) is 4. The molecule has 26 heavy (non-hydrogen) atoms. The zero-order chi connectivity index (χ0) is 19.3. The van der Waals surface area contributed by atoms with E-state index in [1.165, 1.54) is 0 Å². The van der Waals surface area contributed by atoms with E-state index in [1.807, 2.05) is 33.8 Å². The Balaban J connectivity index is 1.79. The molecule has 0 aliphatic carbocycles. The molecule has 2 rings (SSSR count). The Kier molecular flexibility index (Phi) is 6.77. The van der Waals surface area contributed by atoms with E-state index in [9.17, 15) is 14.4 Å². The lowest BCUT2D eigenvalue weighted by Crippen LogP contribution is -2.49. The fraction of sp³-hybridized carbons (Fsp3) is 0.550. The van der Waals surface area contributed by atoms with Gasteiger partial charge in [-0.1, -0.05) is 17.2 Å². The first-order chi connectivity index (χ1) is 12.3. The molecule has 0 unspecified atom stereocenters. The van der Waals surface area contributed by atoms with Crippen LogP contribution in [0.2, 0.25) is 0 Å². The van der Waals surface area contributed by atoms with Crippen molar-refractivity contribution in [3.05, 3.63) is 34.9 Å². The smallest absolute Gasteiger partial charge is 0.325 e. The number of rotatable bonds is 5. The van der Waals surface area contributed by atoms with Crippen molar-refractivity contribution in [1.82, 2.24) is 10.2 Å². The maximum Gasteiger partial charge on any atom is 0.325 e. The average Bonchev–Trinajstić information content (AvgIpc) is 2.56. The summed E-state index contributed by atoms with van der Waals surface area (Å²) in [7, 11) is 0. The van der Waals surface area contributed by atoms with Crippen LogP contribution in [0.5, 0.6) is 0 Å². The van der Waals surface area contributed by atoms with Gasteiger partial charge in [0.15, 0.2) is 6.61 Å². The van der Waals surface area contributed by atoms with E-state index < -0.39 is 5.97 Å². The second-order valence-corrected chi connectivity index (χ2v) is 7.15. The highest BCUT2D eigenvalue weighted by molar-refractivity contribution is 5.96. The first kappa shape index (κ1) is 19.9. The molecule has 1 aromatic carbocycles. The fourth-order valence-corrected chi connectivity index (χ4v) is 3.54. The second-order valence-electron chi connectivity index (χ2n) is 7.15. The molecule has 1 aliphatic heterocycles. The van der Waals surface area contributed by atoms with E-state index >= 15 is 0 Å². The van der Waals surface area contributed by atoms with Crippen LogP contribution < -0.4 is 5.32 Å². The van der Waals surface area contributed by atoms with Crippen molar-refractivity contribution in [2.45, 2.75) is 59.0 Å². The quantitative estimate of drug-likeness (QED) is 0.818. The number of likely N-dealkylation sites (tertiary alicyclic amines) is 1. The van der Waals surface area contributed by atoms with Crippen molar-refractivity contribution < 1.29 is 19.1 Å². The van der Waals surface area contributed by atoms with Crippen LogP contribution >= 0.6 is 0 Å². The summed E-state index contributed by atoms with van der Waals surface area (Å²) in [6.07, 6.45) is 3.04. The summed E-state index contributed by atoms with van der Waals surface area (Å²) in [5.41, 5.74) is 2.46. The Morgan fingerprint density at radius 1 is 1.08 bits per heavy atom. The largest absolute Gasteiger partial charge is 0.454 e. The van der Waals surface area contributed by atoms with Crippen LogP contribution in [0, 0.1) is 13.8 Å². The van der Waals surface area contributed by atoms with Gasteiger partial charge in [0.2, 0.25) is 0 Å². The van der Waals surface area contributed by atoms with E-state index in [0.29, 0.717) is 5.56 Å². The maximum atomic E-state index is 12.3. The van der Waals surface area contributed by atoms with Crippen molar-refractivity contribution in [2.75, 3.05) is 13.2 Å². The average molecular weight is 360 g/mol. The molecule has 142 valence electrons. The molecule has 2 amide bonds. The van der Waals surface area contributed by atoms with Crippen molar-refractivity contribution in [1.29, 1.82) is 0 Å². The number of piperidine rings is 1. The van der Waals surface area contributed by atoms with Crippen molar-refractivity contribution in [3.63, 3.8) is 0 Å². The third-order valence-corrected chi connectivity index (χ3v) is 4.72. The minimum Gasteiger partial charge on any atom is -0.454 e. The molecule has 0 aromatic heterocycles. The highest BCUT2D eigenvalue weighted by atomic mass is 16.5. The normalized spacial score (nSPS) is 19.8. The second kappa shape index (κ2) is 8.83. The first-order valence-corrected chi connectivity index (χ1v) is 9.11. The van der Waals surface area contributed by atoms with E-state index in [0.717, 1.165) is 30.4 Å². The lowest BCUT2D eigenvalue weighted by atomic mass is 9.97. The van der Waals surface area contributed by atoms with Gasteiger partial charge in [-0.15, -0.1) is 0 Å². The van der Waals surface area contributed by atoms with Gasteiger partial charge in [0, 0.05) is 17.6 Å². The number of nitrogens with one attached hydrogen (secondary N) is 1. The zero-order valence-electron chi connectivity index (χ0n) is 16.0. The molecule has 1 heterocycles. The summed E-state index contributed by atoms with van der Waals surface area (Å²) in [5.74, 6) is -1.13. The summed E-state index contributed by atoms with van der Waals surface area (Å²) in [6, 6.07) is 5.81. The third-order valence-electron chi connectivity index (χ3n) is 4.72. The molecule has 1 aliphatic rings. The molecule has 0 bridgehead atoms. The summed E-state index contributed by atoms with van der Waals surface area (Å²) in [4.78, 5) is 38.1. The highest BCUT2D eigenvalue weighted by Gasteiger charge is 2.29. The van der Waals surface area contributed by atoms with Gasteiger partial charge in [0.25, 0.3) is 11.8 Å². The van der Waals surface area contributed by atoms with Crippen LogP contribution in [0.1, 0.15) is 54.6 Å². The summed E-state index contributed by atoms with van der Waals surface area (Å²) >= 11 is 0. The first-order valence-electron chi connectivity index (χ1n) is 9.11. The van der Waals surface area contributed by atoms with Gasteiger partial charge < -0.3 is 15.0 Å². The molecule has 0 spiro atoms. The van der Waals surface area contributed by atoms with E-state index in [1.54, 1.807) is 17.0 Å². The van der Waals surface area contributed by atoms with Crippen LogP contribution in [-0.4, -0.2) is 47.9 Å². The number of carbonyl (C=O) groups is 3. The lowest BCUT2D eigenvalue weighted by Gasteiger charge is -2.38. The maximum absolute atomic E-state index is 12.3. The van der Waals surface area contributed by atoms with Crippen LogP contribution in [0.3, 0.4) is 0 Å². The van der Waals surface area contributed by atoms with Crippen LogP contribution in [0.4, 0.5) is 0 Å². The van der Waals surface area contributed by atoms with Gasteiger partial charge in [-0.3, -0.25) is 14.4 Å². The minimum atomic E-state index is -0.617. The molecule has 1 saturated heterocycles. The van der Waals surface area contributed by atoms with Gasteiger partial charge in [-0.05, 0) is 59.1 Å². The Morgan fingerprint density at radius 2 is 1.65 bits per heavy atom. The standard InChI is InChI=1S/C20H28N2O4/c1-13-8-14(2)10-17(9-13)20(25)21-11-19(24)26-12-18(23)22-15(3)6-5-7-16(22)4/h8-10,15-16H,5-7,11-12H2,1-4H3,(H,21,25)/t15-,16-/m1/s1. The predicted molar refractivity (Wildman–Crippen MR) is 98.8 cm³/mol. The topological polar surface area (TPSA) is 75.7 Å². The predicted octanol–water partition coefficient (Wildman–Crippen LogP) is 2.37. The lowest BCUT2D eigenvalue weighted by molar-refractivity contribution is -0.154. The van der Waals surface area contributed by atoms with Gasteiger partial charge >= 0.3 is 5.97 Å². The molecule has 2 atom stereocenters. The van der Waals surface area contributed by atoms with E-state index in [4.69, 9.17) is 4.74 Å². The highest BCUT2D eigenvalue weighted by Crippen LogP contribution is 2.22. The summed E-state index contributed by atoms with van der Waals surface area (Å²) < 4.78 is 5.04. The molecule has 6 nitrogen and oxygen atoms in total. The van der Waals surface area contributed by atoms with E-state index in [-0.39, 0.29) is 37.0 Å². The molecule has 1 fully saturated rings. The number of nitrogens with zero attached hydrogens (tertiary/aromatic N) is 1. The molecular formula is C20H28N2O4. The monoisotopic (exact) mass is 360 g/mol. The van der Waals surface area contributed by atoms with Crippen molar-refractivity contribution >= 4 is 17.8 Å². The molecular weight excluding hydrogens is 332 g/mol. The minimum absolute atomic E-state index is 0.161. The molecule has 0 saturated carbocycles. The number of hydrogen-bond donors (Lipinski definition) is 1. The SMILES string of the molecule is Cc1cc(C)cc(C(=O)NCC(=O)OCC(=O)N2[C@H](C)CCC[C@H]2C)c1. The van der Waals surface area contributed by atoms with Crippen LogP contribution in [0.25, 0.3) is 0 Å². The van der Waals surface area contributed by atoms with Crippen LogP contribution in [0.15, 0.2) is 18.2 Å². The number of carbonyl (C=O) groups excluding carboxylic acids is 3. The summed E-state index contributed by atoms with van der Waals surface area (Å²) in [5, 5.41) is 2.54.